The maximum Gasteiger partial charge on any atom is 0.238 e. The zero-order chi connectivity index (χ0) is 15.2. The summed E-state index contributed by atoms with van der Waals surface area (Å²) in [4.78, 5) is 14.5. The highest BCUT2D eigenvalue weighted by molar-refractivity contribution is 5.93. The maximum absolute atomic E-state index is 12.3. The Labute approximate surface area is 127 Å². The molecule has 4 nitrogen and oxygen atoms in total. The first-order valence-electron chi connectivity index (χ1n) is 7.92. The third-order valence-electron chi connectivity index (χ3n) is 4.20. The van der Waals surface area contributed by atoms with Crippen molar-refractivity contribution in [1.29, 1.82) is 0 Å². The van der Waals surface area contributed by atoms with Crippen LogP contribution in [0.1, 0.15) is 30.9 Å². The van der Waals surface area contributed by atoms with Gasteiger partial charge in [0.25, 0.3) is 0 Å². The molecule has 21 heavy (non-hydrogen) atoms. The number of benzene rings is 1. The van der Waals surface area contributed by atoms with Crippen molar-refractivity contribution >= 4 is 11.6 Å². The van der Waals surface area contributed by atoms with Gasteiger partial charge < -0.3 is 10.6 Å². The molecule has 0 aromatic heterocycles. The molecule has 1 aliphatic heterocycles. The first-order chi connectivity index (χ1) is 10.1. The molecular formula is C17H27N3O. The van der Waals surface area contributed by atoms with E-state index in [1.54, 1.807) is 0 Å². The van der Waals surface area contributed by atoms with E-state index in [1.807, 2.05) is 32.0 Å². The van der Waals surface area contributed by atoms with Crippen molar-refractivity contribution in [3.63, 3.8) is 0 Å². The number of rotatable bonds is 6. The van der Waals surface area contributed by atoms with E-state index in [2.05, 4.69) is 22.5 Å². The fourth-order valence-corrected chi connectivity index (χ4v) is 2.92. The molecule has 116 valence electrons. The van der Waals surface area contributed by atoms with Gasteiger partial charge in [0.05, 0.1) is 6.54 Å². The summed E-state index contributed by atoms with van der Waals surface area (Å²) in [5, 5.41) is 6.56. The third-order valence-corrected chi connectivity index (χ3v) is 4.20. The Morgan fingerprint density at radius 3 is 2.67 bits per heavy atom. The van der Waals surface area contributed by atoms with Crippen LogP contribution in [-0.2, 0) is 4.79 Å². The van der Waals surface area contributed by atoms with Gasteiger partial charge in [0.15, 0.2) is 0 Å². The molecule has 0 radical (unpaired) electrons. The van der Waals surface area contributed by atoms with Crippen molar-refractivity contribution in [2.24, 2.45) is 0 Å². The minimum atomic E-state index is 0.0762. The fourth-order valence-electron chi connectivity index (χ4n) is 2.92. The van der Waals surface area contributed by atoms with E-state index < -0.39 is 0 Å². The van der Waals surface area contributed by atoms with Crippen LogP contribution in [0.4, 0.5) is 5.69 Å². The lowest BCUT2D eigenvalue weighted by Gasteiger charge is -2.24. The molecule has 1 aromatic rings. The minimum absolute atomic E-state index is 0.0762. The van der Waals surface area contributed by atoms with Gasteiger partial charge in [0.2, 0.25) is 5.91 Å². The molecule has 2 N–H and O–H groups in total. The minimum Gasteiger partial charge on any atom is -0.324 e. The lowest BCUT2D eigenvalue weighted by atomic mass is 10.1. The van der Waals surface area contributed by atoms with Crippen LogP contribution in [-0.4, -0.2) is 43.0 Å². The molecule has 1 saturated heterocycles. The largest absolute Gasteiger partial charge is 0.324 e. The van der Waals surface area contributed by atoms with Gasteiger partial charge in [-0.1, -0.05) is 25.1 Å². The number of nitrogens with one attached hydrogen (secondary N) is 2. The summed E-state index contributed by atoms with van der Waals surface area (Å²) in [5.74, 6) is 0.0762. The highest BCUT2D eigenvalue weighted by Gasteiger charge is 2.19. The van der Waals surface area contributed by atoms with Crippen LogP contribution in [0.15, 0.2) is 18.2 Å². The zero-order valence-corrected chi connectivity index (χ0v) is 13.4. The van der Waals surface area contributed by atoms with E-state index in [9.17, 15) is 4.79 Å². The van der Waals surface area contributed by atoms with Gasteiger partial charge in [-0.3, -0.25) is 9.69 Å². The second-order valence-corrected chi connectivity index (χ2v) is 5.94. The maximum atomic E-state index is 12.3. The molecule has 1 amide bonds. The van der Waals surface area contributed by atoms with E-state index in [0.29, 0.717) is 12.6 Å². The van der Waals surface area contributed by atoms with Crippen LogP contribution in [0.2, 0.25) is 0 Å². The molecule has 1 aliphatic rings. The number of likely N-dealkylation sites (N-methyl/N-ethyl adjacent to an activating group) is 1. The number of hydrogen-bond acceptors (Lipinski definition) is 3. The number of carbonyl (C=O) groups excluding carboxylic acids is 1. The number of anilines is 1. The van der Waals surface area contributed by atoms with Gasteiger partial charge in [0, 0.05) is 18.3 Å². The summed E-state index contributed by atoms with van der Waals surface area (Å²) in [6.45, 7) is 9.60. The number of amides is 1. The topological polar surface area (TPSA) is 44.4 Å². The average molecular weight is 289 g/mol. The van der Waals surface area contributed by atoms with Crippen LogP contribution in [0.25, 0.3) is 0 Å². The summed E-state index contributed by atoms with van der Waals surface area (Å²) in [6, 6.07) is 6.62. The van der Waals surface area contributed by atoms with Crippen molar-refractivity contribution < 1.29 is 4.79 Å². The van der Waals surface area contributed by atoms with E-state index in [-0.39, 0.29) is 5.91 Å². The lowest BCUT2D eigenvalue weighted by Crippen LogP contribution is -2.41. The molecule has 2 rings (SSSR count). The van der Waals surface area contributed by atoms with Crippen molar-refractivity contribution in [3.8, 4) is 0 Å². The van der Waals surface area contributed by atoms with Crippen LogP contribution < -0.4 is 10.6 Å². The Kier molecular flexibility index (Phi) is 5.76. The number of aryl methyl sites for hydroxylation is 2. The normalized spacial score (nSPS) is 18.2. The molecule has 1 fully saturated rings. The second kappa shape index (κ2) is 7.57. The quantitative estimate of drug-likeness (QED) is 0.845. The average Bonchev–Trinajstić information content (AvgIpc) is 2.95. The first-order valence-corrected chi connectivity index (χ1v) is 7.92. The van der Waals surface area contributed by atoms with Crippen molar-refractivity contribution in [2.75, 3.05) is 31.5 Å². The smallest absolute Gasteiger partial charge is 0.238 e. The number of para-hydroxylation sites is 1. The molecule has 0 saturated carbocycles. The molecule has 1 unspecified atom stereocenters. The molecule has 0 aliphatic carbocycles. The second-order valence-electron chi connectivity index (χ2n) is 5.94. The van der Waals surface area contributed by atoms with Gasteiger partial charge in [-0.15, -0.1) is 0 Å². The molecule has 1 heterocycles. The Morgan fingerprint density at radius 2 is 2.10 bits per heavy atom. The number of nitrogens with zero attached hydrogens (tertiary/aromatic N) is 1. The lowest BCUT2D eigenvalue weighted by molar-refractivity contribution is -0.117. The highest BCUT2D eigenvalue weighted by atomic mass is 16.2. The van der Waals surface area contributed by atoms with Gasteiger partial charge in [-0.2, -0.15) is 0 Å². The Balaban J connectivity index is 1.90. The third kappa shape index (κ3) is 4.55. The molecule has 1 atom stereocenters. The molecular weight excluding hydrogens is 262 g/mol. The fraction of sp³-hybridized carbons (Fsp3) is 0.588. The van der Waals surface area contributed by atoms with E-state index >= 15 is 0 Å². The Hall–Kier alpha value is -1.39. The molecule has 0 bridgehead atoms. The van der Waals surface area contributed by atoms with Crippen LogP contribution in [0, 0.1) is 13.8 Å². The van der Waals surface area contributed by atoms with Gasteiger partial charge in [-0.05, 0) is 50.9 Å². The Bertz CT molecular complexity index is 461. The summed E-state index contributed by atoms with van der Waals surface area (Å²) in [6.07, 6.45) is 2.46. The van der Waals surface area contributed by atoms with Crippen LogP contribution in [0.3, 0.4) is 0 Å². The molecule has 0 spiro atoms. The van der Waals surface area contributed by atoms with E-state index in [0.717, 1.165) is 36.4 Å². The summed E-state index contributed by atoms with van der Waals surface area (Å²) < 4.78 is 0. The number of hydrogen-bond donors (Lipinski definition) is 2. The van der Waals surface area contributed by atoms with Crippen molar-refractivity contribution in [3.05, 3.63) is 29.3 Å². The summed E-state index contributed by atoms with van der Waals surface area (Å²) in [7, 11) is 0. The number of carbonyl (C=O) groups is 1. The summed E-state index contributed by atoms with van der Waals surface area (Å²) >= 11 is 0. The standard InChI is InChI=1S/C17H27N3O/c1-4-20(11-15-9-6-10-18-15)12-16(21)19-17-13(2)7-5-8-14(17)3/h5,7-8,15,18H,4,6,9-12H2,1-3H3,(H,19,21). The SMILES string of the molecule is CCN(CC(=O)Nc1c(C)cccc1C)CC1CCCN1. The van der Waals surface area contributed by atoms with Crippen LogP contribution >= 0.6 is 0 Å². The van der Waals surface area contributed by atoms with Crippen LogP contribution in [0.5, 0.6) is 0 Å². The van der Waals surface area contributed by atoms with Gasteiger partial charge >= 0.3 is 0 Å². The monoisotopic (exact) mass is 289 g/mol. The van der Waals surface area contributed by atoms with Crippen molar-refractivity contribution in [2.45, 2.75) is 39.7 Å². The van der Waals surface area contributed by atoms with E-state index in [1.165, 1.54) is 12.8 Å². The zero-order valence-electron chi connectivity index (χ0n) is 13.4. The molecule has 1 aromatic carbocycles. The first kappa shape index (κ1) is 16.0. The van der Waals surface area contributed by atoms with Crippen molar-refractivity contribution in [1.82, 2.24) is 10.2 Å². The van der Waals surface area contributed by atoms with Gasteiger partial charge in [0.1, 0.15) is 0 Å². The highest BCUT2D eigenvalue weighted by Crippen LogP contribution is 2.19. The molecule has 4 heteroatoms. The van der Waals surface area contributed by atoms with Gasteiger partial charge in [-0.25, -0.2) is 0 Å². The predicted molar refractivity (Wildman–Crippen MR) is 87.7 cm³/mol. The summed E-state index contributed by atoms with van der Waals surface area (Å²) in [5.41, 5.74) is 3.19. The predicted octanol–water partition coefficient (Wildman–Crippen LogP) is 2.32. The Morgan fingerprint density at radius 1 is 1.38 bits per heavy atom. The van der Waals surface area contributed by atoms with E-state index in [4.69, 9.17) is 0 Å².